The third-order valence-electron chi connectivity index (χ3n) is 3.30. The van der Waals surface area contributed by atoms with Crippen LogP contribution < -0.4 is 0 Å². The third kappa shape index (κ3) is 1.35. The molecule has 3 unspecified atom stereocenters. The van der Waals surface area contributed by atoms with Gasteiger partial charge in [0.15, 0.2) is 5.60 Å². The van der Waals surface area contributed by atoms with Crippen LogP contribution in [0.2, 0.25) is 0 Å². The highest BCUT2D eigenvalue weighted by Crippen LogP contribution is 2.55. The van der Waals surface area contributed by atoms with Gasteiger partial charge in [-0.25, -0.2) is 4.79 Å². The molecule has 0 aromatic carbocycles. The molecule has 1 N–H and O–H groups in total. The van der Waals surface area contributed by atoms with Gasteiger partial charge in [0.2, 0.25) is 0 Å². The highest BCUT2D eigenvalue weighted by atomic mass is 16.5. The van der Waals surface area contributed by atoms with Crippen molar-refractivity contribution in [2.75, 3.05) is 6.61 Å². The van der Waals surface area contributed by atoms with Crippen LogP contribution in [0.15, 0.2) is 0 Å². The van der Waals surface area contributed by atoms with Gasteiger partial charge < -0.3 is 9.84 Å². The zero-order chi connectivity index (χ0) is 9.47. The second-order valence-electron chi connectivity index (χ2n) is 4.14. The summed E-state index contributed by atoms with van der Waals surface area (Å²) in [6, 6.07) is 0. The average molecular weight is 184 g/mol. The van der Waals surface area contributed by atoms with Crippen molar-refractivity contribution in [1.29, 1.82) is 0 Å². The molecule has 2 aliphatic rings. The van der Waals surface area contributed by atoms with Gasteiger partial charge in [-0.2, -0.15) is 0 Å². The quantitative estimate of drug-likeness (QED) is 0.654. The first-order chi connectivity index (χ1) is 6.18. The maximum atomic E-state index is 11.5. The van der Waals surface area contributed by atoms with Crippen molar-refractivity contribution in [2.24, 2.45) is 11.8 Å². The first-order valence-corrected chi connectivity index (χ1v) is 5.08. The average Bonchev–Trinajstić information content (AvgIpc) is 2.85. The van der Waals surface area contributed by atoms with Crippen molar-refractivity contribution in [3.8, 4) is 0 Å². The van der Waals surface area contributed by atoms with Crippen molar-refractivity contribution >= 4 is 5.97 Å². The van der Waals surface area contributed by atoms with Crippen LogP contribution in [-0.2, 0) is 9.53 Å². The molecule has 0 radical (unpaired) electrons. The van der Waals surface area contributed by atoms with Gasteiger partial charge in [0.05, 0.1) is 6.61 Å². The van der Waals surface area contributed by atoms with Crippen molar-refractivity contribution in [1.82, 2.24) is 0 Å². The minimum atomic E-state index is -1.14. The Kier molecular flexibility index (Phi) is 2.06. The van der Waals surface area contributed by atoms with E-state index in [2.05, 4.69) is 0 Å². The highest BCUT2D eigenvalue weighted by Gasteiger charge is 2.58. The predicted octanol–water partition coefficient (Wildman–Crippen LogP) is 1.10. The normalized spacial score (nSPS) is 42.3. The van der Waals surface area contributed by atoms with E-state index in [0.717, 1.165) is 12.8 Å². The monoisotopic (exact) mass is 184 g/mol. The second-order valence-corrected chi connectivity index (χ2v) is 4.14. The van der Waals surface area contributed by atoms with E-state index in [4.69, 9.17) is 4.74 Å². The van der Waals surface area contributed by atoms with Gasteiger partial charge in [-0.3, -0.25) is 0 Å². The van der Waals surface area contributed by atoms with Crippen molar-refractivity contribution in [3.63, 3.8) is 0 Å². The predicted molar refractivity (Wildman–Crippen MR) is 47.0 cm³/mol. The number of hydrogen-bond acceptors (Lipinski definition) is 3. The molecule has 0 aromatic rings. The molecule has 0 spiro atoms. The summed E-state index contributed by atoms with van der Waals surface area (Å²) in [5.74, 6) is 0.380. The van der Waals surface area contributed by atoms with Crippen LogP contribution in [-0.4, -0.2) is 23.3 Å². The van der Waals surface area contributed by atoms with Gasteiger partial charge in [-0.1, -0.05) is 0 Å². The maximum Gasteiger partial charge on any atom is 0.338 e. The number of fused-ring (bicyclic) bond motifs is 1. The summed E-state index contributed by atoms with van der Waals surface area (Å²) >= 11 is 0. The van der Waals surface area contributed by atoms with E-state index in [1.165, 1.54) is 6.42 Å². The Hall–Kier alpha value is -0.570. The van der Waals surface area contributed by atoms with Gasteiger partial charge in [-0.15, -0.1) is 0 Å². The smallest absolute Gasteiger partial charge is 0.338 e. The van der Waals surface area contributed by atoms with Gasteiger partial charge >= 0.3 is 5.97 Å². The Balaban J connectivity index is 2.05. The Morgan fingerprint density at radius 1 is 1.69 bits per heavy atom. The summed E-state index contributed by atoms with van der Waals surface area (Å²) in [6.07, 6.45) is 3.73. The first kappa shape index (κ1) is 9.00. The zero-order valence-electron chi connectivity index (χ0n) is 7.95. The fraction of sp³-hybridized carbons (Fsp3) is 0.900. The van der Waals surface area contributed by atoms with E-state index in [1.807, 2.05) is 0 Å². The molecule has 0 bridgehead atoms. The lowest BCUT2D eigenvalue weighted by atomic mass is 9.84. The molecule has 74 valence electrons. The molecule has 2 fully saturated rings. The number of hydrogen-bond donors (Lipinski definition) is 1. The van der Waals surface area contributed by atoms with Gasteiger partial charge in [0, 0.05) is 5.92 Å². The molecule has 3 nitrogen and oxygen atoms in total. The number of rotatable bonds is 2. The van der Waals surface area contributed by atoms with Gasteiger partial charge in [0.25, 0.3) is 0 Å². The molecule has 2 aliphatic carbocycles. The summed E-state index contributed by atoms with van der Waals surface area (Å²) < 4.78 is 4.89. The first-order valence-electron chi connectivity index (χ1n) is 5.08. The minimum absolute atomic E-state index is 0.195. The van der Waals surface area contributed by atoms with E-state index in [1.54, 1.807) is 6.92 Å². The molecule has 2 rings (SSSR count). The largest absolute Gasteiger partial charge is 0.464 e. The molecule has 3 atom stereocenters. The van der Waals surface area contributed by atoms with E-state index < -0.39 is 11.6 Å². The summed E-state index contributed by atoms with van der Waals surface area (Å²) in [5.41, 5.74) is -1.14. The third-order valence-corrected chi connectivity index (χ3v) is 3.30. The molecular weight excluding hydrogens is 168 g/mol. The molecule has 13 heavy (non-hydrogen) atoms. The number of esters is 1. The highest BCUT2D eigenvalue weighted by molar-refractivity contribution is 5.80. The molecule has 0 amide bonds. The van der Waals surface area contributed by atoms with Crippen LogP contribution >= 0.6 is 0 Å². The lowest BCUT2D eigenvalue weighted by Gasteiger charge is -2.29. The van der Waals surface area contributed by atoms with Crippen molar-refractivity contribution in [2.45, 2.75) is 38.2 Å². The molecule has 0 aliphatic heterocycles. The summed E-state index contributed by atoms with van der Waals surface area (Å²) in [6.45, 7) is 2.13. The number of ether oxygens (including phenoxy) is 1. The molecule has 0 aromatic heterocycles. The summed E-state index contributed by atoms with van der Waals surface area (Å²) in [5, 5.41) is 10.1. The Morgan fingerprint density at radius 3 is 3.15 bits per heavy atom. The van der Waals surface area contributed by atoms with Crippen molar-refractivity contribution in [3.05, 3.63) is 0 Å². The SMILES string of the molecule is CCOC(=O)C1(O)CCCC2CC21. The van der Waals surface area contributed by atoms with Crippen LogP contribution in [0, 0.1) is 11.8 Å². The lowest BCUT2D eigenvalue weighted by Crippen LogP contribution is -2.44. The Bertz CT molecular complexity index is 226. The van der Waals surface area contributed by atoms with Gasteiger partial charge in [0.1, 0.15) is 0 Å². The van der Waals surface area contributed by atoms with Crippen LogP contribution in [0.4, 0.5) is 0 Å². The Morgan fingerprint density at radius 2 is 2.46 bits per heavy atom. The lowest BCUT2D eigenvalue weighted by molar-refractivity contribution is -0.170. The molecule has 0 heterocycles. The van der Waals surface area contributed by atoms with Crippen LogP contribution in [0.25, 0.3) is 0 Å². The van der Waals surface area contributed by atoms with E-state index >= 15 is 0 Å². The zero-order valence-corrected chi connectivity index (χ0v) is 7.95. The minimum Gasteiger partial charge on any atom is -0.464 e. The van der Waals surface area contributed by atoms with E-state index in [9.17, 15) is 9.90 Å². The van der Waals surface area contributed by atoms with Crippen LogP contribution in [0.3, 0.4) is 0 Å². The second kappa shape index (κ2) is 2.98. The topological polar surface area (TPSA) is 46.5 Å². The fourth-order valence-corrected chi connectivity index (χ4v) is 2.48. The van der Waals surface area contributed by atoms with E-state index in [-0.39, 0.29) is 5.92 Å². The molecule has 2 saturated carbocycles. The van der Waals surface area contributed by atoms with Crippen LogP contribution in [0.5, 0.6) is 0 Å². The summed E-state index contributed by atoms with van der Waals surface area (Å²) in [7, 11) is 0. The fourth-order valence-electron chi connectivity index (χ4n) is 2.48. The molecule has 3 heteroatoms. The number of carbonyl (C=O) groups is 1. The van der Waals surface area contributed by atoms with Crippen molar-refractivity contribution < 1.29 is 14.6 Å². The molecular formula is C10H16O3. The Labute approximate surface area is 78.1 Å². The van der Waals surface area contributed by atoms with Crippen LogP contribution in [0.1, 0.15) is 32.6 Å². The maximum absolute atomic E-state index is 11.5. The standard InChI is InChI=1S/C10H16O3/c1-2-13-9(11)10(12)5-3-4-7-6-8(7)10/h7-8,12H,2-6H2,1H3. The summed E-state index contributed by atoms with van der Waals surface area (Å²) in [4.78, 5) is 11.5. The number of carbonyl (C=O) groups excluding carboxylic acids is 1. The number of aliphatic hydroxyl groups is 1. The molecule has 0 saturated heterocycles. The van der Waals surface area contributed by atoms with Gasteiger partial charge in [-0.05, 0) is 38.5 Å². The van der Waals surface area contributed by atoms with E-state index in [0.29, 0.717) is 18.9 Å².